The number of nitrogens with one attached hydrogen (secondary N) is 1. The van der Waals surface area contributed by atoms with Crippen molar-refractivity contribution < 1.29 is 17.7 Å². The molecule has 21 heavy (non-hydrogen) atoms. The molecule has 2 unspecified atom stereocenters. The SMILES string of the molecule is Cc1cc(CS(=O)(=O)CC(=O)NC2CCCCC2C)on1. The molecule has 2 rings (SSSR count). The third-order valence-corrected chi connectivity index (χ3v) is 5.27. The van der Waals surface area contributed by atoms with Crippen molar-refractivity contribution in [1.82, 2.24) is 10.5 Å². The summed E-state index contributed by atoms with van der Waals surface area (Å²) < 4.78 is 28.9. The second-order valence-electron chi connectivity index (χ2n) is 5.90. The standard InChI is InChI=1S/C14H22N2O4S/c1-10-5-3-4-6-13(10)15-14(17)9-21(18,19)8-12-7-11(2)16-20-12/h7,10,13H,3-6,8-9H2,1-2H3,(H,15,17). The van der Waals surface area contributed by atoms with Crippen molar-refractivity contribution in [2.75, 3.05) is 5.75 Å². The third-order valence-electron chi connectivity index (χ3n) is 3.85. The van der Waals surface area contributed by atoms with E-state index in [0.717, 1.165) is 19.3 Å². The van der Waals surface area contributed by atoms with Crippen LogP contribution in [0.5, 0.6) is 0 Å². The van der Waals surface area contributed by atoms with Crippen LogP contribution in [0.3, 0.4) is 0 Å². The molecule has 118 valence electrons. The zero-order chi connectivity index (χ0) is 15.5. The fraction of sp³-hybridized carbons (Fsp3) is 0.714. The summed E-state index contributed by atoms with van der Waals surface area (Å²) >= 11 is 0. The number of nitrogens with zero attached hydrogens (tertiary/aromatic N) is 1. The minimum Gasteiger partial charge on any atom is -0.360 e. The van der Waals surface area contributed by atoms with Gasteiger partial charge in [-0.25, -0.2) is 8.42 Å². The molecule has 0 saturated heterocycles. The zero-order valence-electron chi connectivity index (χ0n) is 12.5. The quantitative estimate of drug-likeness (QED) is 0.891. The van der Waals surface area contributed by atoms with E-state index in [-0.39, 0.29) is 17.6 Å². The average molecular weight is 314 g/mol. The van der Waals surface area contributed by atoms with E-state index >= 15 is 0 Å². The lowest BCUT2D eigenvalue weighted by Gasteiger charge is -2.29. The fourth-order valence-electron chi connectivity index (χ4n) is 2.73. The average Bonchev–Trinajstić information content (AvgIpc) is 2.76. The van der Waals surface area contributed by atoms with Crippen LogP contribution in [0.15, 0.2) is 10.6 Å². The van der Waals surface area contributed by atoms with Gasteiger partial charge in [-0.2, -0.15) is 0 Å². The Morgan fingerprint density at radius 3 is 2.76 bits per heavy atom. The van der Waals surface area contributed by atoms with Gasteiger partial charge in [0.25, 0.3) is 0 Å². The van der Waals surface area contributed by atoms with Crippen LogP contribution in [0.2, 0.25) is 0 Å². The first kappa shape index (κ1) is 16.0. The molecule has 1 heterocycles. The summed E-state index contributed by atoms with van der Waals surface area (Å²) in [6.07, 6.45) is 4.26. The summed E-state index contributed by atoms with van der Waals surface area (Å²) in [6.45, 7) is 3.81. The van der Waals surface area contributed by atoms with Crippen molar-refractivity contribution in [3.63, 3.8) is 0 Å². The molecule has 1 amide bonds. The Balaban J connectivity index is 1.88. The summed E-state index contributed by atoms with van der Waals surface area (Å²) in [5, 5.41) is 6.49. The van der Waals surface area contributed by atoms with E-state index in [1.807, 2.05) is 0 Å². The summed E-state index contributed by atoms with van der Waals surface area (Å²) in [5.74, 6) is -0.545. The van der Waals surface area contributed by atoms with Gasteiger partial charge in [0.05, 0.1) is 5.69 Å². The molecule has 0 bridgehead atoms. The highest BCUT2D eigenvalue weighted by molar-refractivity contribution is 7.91. The largest absolute Gasteiger partial charge is 0.360 e. The maximum atomic E-state index is 12.0. The van der Waals surface area contributed by atoms with Crippen LogP contribution in [-0.4, -0.2) is 31.3 Å². The Hall–Kier alpha value is -1.37. The maximum Gasteiger partial charge on any atom is 0.235 e. The first-order valence-corrected chi connectivity index (χ1v) is 9.10. The van der Waals surface area contributed by atoms with Gasteiger partial charge in [-0.05, 0) is 25.7 Å². The van der Waals surface area contributed by atoms with Gasteiger partial charge >= 0.3 is 0 Å². The summed E-state index contributed by atoms with van der Waals surface area (Å²) in [7, 11) is -3.53. The van der Waals surface area contributed by atoms with Crippen molar-refractivity contribution in [2.45, 2.75) is 51.3 Å². The smallest absolute Gasteiger partial charge is 0.235 e. The number of aromatic nitrogens is 1. The second-order valence-corrected chi connectivity index (χ2v) is 7.97. The van der Waals surface area contributed by atoms with Gasteiger partial charge < -0.3 is 9.84 Å². The zero-order valence-corrected chi connectivity index (χ0v) is 13.3. The molecule has 0 aromatic carbocycles. The van der Waals surface area contributed by atoms with Gasteiger partial charge in [0.15, 0.2) is 15.6 Å². The number of carbonyl (C=O) groups is 1. The van der Waals surface area contributed by atoms with Gasteiger partial charge in [0, 0.05) is 12.1 Å². The van der Waals surface area contributed by atoms with Gasteiger partial charge in [0.1, 0.15) is 11.5 Å². The van der Waals surface area contributed by atoms with Gasteiger partial charge in [-0.15, -0.1) is 0 Å². The Kier molecular flexibility index (Phi) is 5.03. The van der Waals surface area contributed by atoms with Crippen molar-refractivity contribution >= 4 is 15.7 Å². The Labute approximate surface area is 125 Å². The molecule has 1 aromatic heterocycles. The van der Waals surface area contributed by atoms with E-state index in [4.69, 9.17) is 4.52 Å². The van der Waals surface area contributed by atoms with E-state index in [9.17, 15) is 13.2 Å². The van der Waals surface area contributed by atoms with Crippen LogP contribution < -0.4 is 5.32 Å². The van der Waals surface area contributed by atoms with Crippen molar-refractivity contribution in [2.24, 2.45) is 5.92 Å². The highest BCUT2D eigenvalue weighted by Gasteiger charge is 2.25. The molecule has 0 aliphatic heterocycles. The number of sulfone groups is 1. The van der Waals surface area contributed by atoms with Crippen molar-refractivity contribution in [3.8, 4) is 0 Å². The maximum absolute atomic E-state index is 12.0. The van der Waals surface area contributed by atoms with E-state index < -0.39 is 21.5 Å². The van der Waals surface area contributed by atoms with Crippen molar-refractivity contribution in [3.05, 3.63) is 17.5 Å². The monoisotopic (exact) mass is 314 g/mol. The molecular weight excluding hydrogens is 292 g/mol. The van der Waals surface area contributed by atoms with Gasteiger partial charge in [-0.1, -0.05) is 24.9 Å². The summed E-state index contributed by atoms with van der Waals surface area (Å²) in [4.78, 5) is 11.9. The molecule has 6 nitrogen and oxygen atoms in total. The van der Waals surface area contributed by atoms with Crippen LogP contribution in [0.1, 0.15) is 44.1 Å². The first-order chi connectivity index (χ1) is 9.85. The summed E-state index contributed by atoms with van der Waals surface area (Å²) in [6, 6.07) is 1.66. The minimum atomic E-state index is -3.53. The third kappa shape index (κ3) is 4.84. The molecule has 1 aliphatic rings. The number of carbonyl (C=O) groups excluding carboxylic acids is 1. The summed E-state index contributed by atoms with van der Waals surface area (Å²) in [5.41, 5.74) is 0.626. The Bertz CT molecular complexity index is 594. The number of hydrogen-bond acceptors (Lipinski definition) is 5. The fourth-order valence-corrected chi connectivity index (χ4v) is 3.89. The molecule has 1 fully saturated rings. The Morgan fingerprint density at radius 1 is 1.43 bits per heavy atom. The van der Waals surface area contributed by atoms with Crippen LogP contribution in [0.4, 0.5) is 0 Å². The lowest BCUT2D eigenvalue weighted by molar-refractivity contribution is -0.119. The van der Waals surface area contributed by atoms with Crippen LogP contribution >= 0.6 is 0 Å². The molecule has 0 radical (unpaired) electrons. The highest BCUT2D eigenvalue weighted by atomic mass is 32.2. The van der Waals surface area contributed by atoms with Crippen LogP contribution in [-0.2, 0) is 20.4 Å². The first-order valence-electron chi connectivity index (χ1n) is 7.28. The molecule has 2 atom stereocenters. The van der Waals surface area contributed by atoms with Crippen molar-refractivity contribution in [1.29, 1.82) is 0 Å². The lowest BCUT2D eigenvalue weighted by Crippen LogP contribution is -2.43. The van der Waals surface area contributed by atoms with E-state index in [2.05, 4.69) is 17.4 Å². The number of aryl methyl sites for hydroxylation is 1. The molecule has 1 saturated carbocycles. The van der Waals surface area contributed by atoms with E-state index in [1.165, 1.54) is 6.42 Å². The molecule has 1 N–H and O–H groups in total. The molecule has 7 heteroatoms. The molecule has 1 aromatic rings. The number of rotatable bonds is 5. The molecular formula is C14H22N2O4S. The van der Waals surface area contributed by atoms with Crippen LogP contribution in [0, 0.1) is 12.8 Å². The van der Waals surface area contributed by atoms with E-state index in [1.54, 1.807) is 13.0 Å². The highest BCUT2D eigenvalue weighted by Crippen LogP contribution is 2.23. The van der Waals surface area contributed by atoms with Gasteiger partial charge in [0.2, 0.25) is 5.91 Å². The van der Waals surface area contributed by atoms with E-state index in [0.29, 0.717) is 11.6 Å². The minimum absolute atomic E-state index is 0.0916. The molecule has 1 aliphatic carbocycles. The second kappa shape index (κ2) is 6.60. The lowest BCUT2D eigenvalue weighted by atomic mass is 9.86. The predicted molar refractivity (Wildman–Crippen MR) is 78.3 cm³/mol. The van der Waals surface area contributed by atoms with Gasteiger partial charge in [-0.3, -0.25) is 4.79 Å². The topological polar surface area (TPSA) is 89.3 Å². The Morgan fingerprint density at radius 2 is 2.14 bits per heavy atom. The van der Waals surface area contributed by atoms with Crippen LogP contribution in [0.25, 0.3) is 0 Å². The molecule has 0 spiro atoms. The normalized spacial score (nSPS) is 23.0. The predicted octanol–water partition coefficient (Wildman–Crippen LogP) is 1.59. The number of amides is 1. The number of hydrogen-bond donors (Lipinski definition) is 1.